The molecular weight excluding hydrogens is 326 g/mol. The second kappa shape index (κ2) is 7.11. The fourth-order valence-electron chi connectivity index (χ4n) is 3.74. The number of anilines is 1. The number of carbonyl (C=O) groups excluding carboxylic acids is 1. The first kappa shape index (κ1) is 17.2. The Kier molecular flexibility index (Phi) is 5.10. The zero-order valence-corrected chi connectivity index (χ0v) is 14.9. The Morgan fingerprint density at radius 2 is 1.71 bits per heavy atom. The summed E-state index contributed by atoms with van der Waals surface area (Å²) in [5, 5.41) is 5.74. The third-order valence-corrected chi connectivity index (χ3v) is 6.12. The van der Waals surface area contributed by atoms with Gasteiger partial charge in [0.2, 0.25) is 10.0 Å². The summed E-state index contributed by atoms with van der Waals surface area (Å²) in [6.07, 6.45) is 6.64. The molecule has 6 nitrogen and oxygen atoms in total. The maximum absolute atomic E-state index is 12.2. The number of sulfonamides is 1. The van der Waals surface area contributed by atoms with E-state index in [2.05, 4.69) is 21.4 Å². The Morgan fingerprint density at radius 3 is 2.29 bits per heavy atom. The summed E-state index contributed by atoms with van der Waals surface area (Å²) in [5.41, 5.74) is 5.86. The van der Waals surface area contributed by atoms with Crippen LogP contribution in [-0.4, -0.2) is 33.8 Å². The first-order valence-electron chi connectivity index (χ1n) is 8.63. The molecule has 0 spiro atoms. The van der Waals surface area contributed by atoms with Gasteiger partial charge in [-0.1, -0.05) is 6.07 Å². The van der Waals surface area contributed by atoms with E-state index in [0.717, 1.165) is 44.2 Å². The van der Waals surface area contributed by atoms with E-state index in [1.165, 1.54) is 22.3 Å². The zero-order valence-electron chi connectivity index (χ0n) is 14.1. The zero-order chi connectivity index (χ0) is 17.2. The highest BCUT2D eigenvalue weighted by Gasteiger charge is 2.25. The molecule has 1 aromatic carbocycles. The Hall–Kier alpha value is -1.60. The standard InChI is InChI=1S/C17H25N3O3S/c1-18-9-4-10-24(22,23)20-17(21)19-16-14-7-2-5-12(14)11-13-6-3-8-15(13)16/h11,18H,2-10H2,1H3,(H2,19,20,21). The molecule has 0 heterocycles. The maximum Gasteiger partial charge on any atom is 0.332 e. The number of hydrogen-bond acceptors (Lipinski definition) is 4. The summed E-state index contributed by atoms with van der Waals surface area (Å²) < 4.78 is 26.1. The molecule has 0 saturated heterocycles. The number of urea groups is 1. The van der Waals surface area contributed by atoms with Crippen LogP contribution in [0.5, 0.6) is 0 Å². The Labute approximate surface area is 143 Å². The summed E-state index contributed by atoms with van der Waals surface area (Å²) >= 11 is 0. The normalized spacial score (nSPS) is 15.9. The van der Waals surface area contributed by atoms with Crippen molar-refractivity contribution < 1.29 is 13.2 Å². The molecule has 7 heteroatoms. The van der Waals surface area contributed by atoms with Crippen LogP contribution in [0, 0.1) is 0 Å². The molecule has 1 aromatic rings. The van der Waals surface area contributed by atoms with Crippen LogP contribution in [0.2, 0.25) is 0 Å². The molecule has 2 aliphatic rings. The van der Waals surface area contributed by atoms with Gasteiger partial charge < -0.3 is 10.6 Å². The van der Waals surface area contributed by atoms with E-state index in [-0.39, 0.29) is 5.75 Å². The second-order valence-corrected chi connectivity index (χ2v) is 8.41. The van der Waals surface area contributed by atoms with Crippen LogP contribution in [0.25, 0.3) is 0 Å². The highest BCUT2D eigenvalue weighted by molar-refractivity contribution is 7.90. The molecule has 0 saturated carbocycles. The largest absolute Gasteiger partial charge is 0.332 e. The molecule has 0 radical (unpaired) electrons. The average molecular weight is 351 g/mol. The molecule has 3 N–H and O–H groups in total. The fourth-order valence-corrected chi connectivity index (χ4v) is 4.70. The van der Waals surface area contributed by atoms with Crippen LogP contribution in [0.1, 0.15) is 41.5 Å². The van der Waals surface area contributed by atoms with Crippen molar-refractivity contribution in [1.29, 1.82) is 0 Å². The highest BCUT2D eigenvalue weighted by atomic mass is 32.2. The SMILES string of the molecule is CNCCCS(=O)(=O)NC(=O)Nc1c2c(cc3c1CCC3)CCC2. The van der Waals surface area contributed by atoms with E-state index in [1.807, 2.05) is 0 Å². The first-order chi connectivity index (χ1) is 11.5. The predicted molar refractivity (Wildman–Crippen MR) is 95.0 cm³/mol. The molecule has 2 aliphatic carbocycles. The van der Waals surface area contributed by atoms with Crippen molar-refractivity contribution in [3.05, 3.63) is 28.3 Å². The van der Waals surface area contributed by atoms with Crippen LogP contribution < -0.4 is 15.4 Å². The molecule has 0 unspecified atom stereocenters. The minimum atomic E-state index is -3.60. The maximum atomic E-state index is 12.2. The minimum Gasteiger partial charge on any atom is -0.320 e. The highest BCUT2D eigenvalue weighted by Crippen LogP contribution is 2.38. The van der Waals surface area contributed by atoms with Crippen molar-refractivity contribution in [2.45, 2.75) is 44.9 Å². The quantitative estimate of drug-likeness (QED) is 0.681. The number of carbonyl (C=O) groups is 1. The van der Waals surface area contributed by atoms with Gasteiger partial charge in [-0.05, 0) is 80.8 Å². The first-order valence-corrected chi connectivity index (χ1v) is 10.3. The van der Waals surface area contributed by atoms with Crippen molar-refractivity contribution in [1.82, 2.24) is 10.0 Å². The monoisotopic (exact) mass is 351 g/mol. The lowest BCUT2D eigenvalue weighted by Crippen LogP contribution is -2.37. The van der Waals surface area contributed by atoms with Crippen molar-refractivity contribution in [2.75, 3.05) is 24.7 Å². The molecule has 0 fully saturated rings. The summed E-state index contributed by atoms with van der Waals surface area (Å²) in [5.74, 6) is -0.0632. The third kappa shape index (κ3) is 3.72. The lowest BCUT2D eigenvalue weighted by Gasteiger charge is -2.16. The van der Waals surface area contributed by atoms with Gasteiger partial charge in [0.15, 0.2) is 0 Å². The lowest BCUT2D eigenvalue weighted by atomic mass is 9.99. The van der Waals surface area contributed by atoms with E-state index in [4.69, 9.17) is 0 Å². The van der Waals surface area contributed by atoms with Crippen LogP contribution in [0.15, 0.2) is 6.07 Å². The molecule has 132 valence electrons. The number of benzene rings is 1. The van der Waals surface area contributed by atoms with Crippen molar-refractivity contribution >= 4 is 21.7 Å². The Bertz CT molecular complexity index is 712. The molecule has 0 aromatic heterocycles. The van der Waals surface area contributed by atoms with Gasteiger partial charge in [0.25, 0.3) is 0 Å². The second-order valence-electron chi connectivity index (χ2n) is 6.57. The van der Waals surface area contributed by atoms with E-state index in [9.17, 15) is 13.2 Å². The van der Waals surface area contributed by atoms with Crippen LogP contribution in [-0.2, 0) is 35.7 Å². The van der Waals surface area contributed by atoms with Gasteiger partial charge in [-0.3, -0.25) is 0 Å². The molecule has 0 atom stereocenters. The number of aryl methyl sites for hydroxylation is 2. The van der Waals surface area contributed by atoms with Crippen molar-refractivity contribution in [3.63, 3.8) is 0 Å². The summed E-state index contributed by atoms with van der Waals surface area (Å²) in [6.45, 7) is 0.599. The molecular formula is C17H25N3O3S. The van der Waals surface area contributed by atoms with Crippen LogP contribution >= 0.6 is 0 Å². The smallest absolute Gasteiger partial charge is 0.320 e. The van der Waals surface area contributed by atoms with Gasteiger partial charge >= 0.3 is 6.03 Å². The Morgan fingerprint density at radius 1 is 1.08 bits per heavy atom. The topological polar surface area (TPSA) is 87.3 Å². The summed E-state index contributed by atoms with van der Waals surface area (Å²) in [7, 11) is -1.84. The summed E-state index contributed by atoms with van der Waals surface area (Å²) in [4.78, 5) is 12.2. The van der Waals surface area contributed by atoms with E-state index >= 15 is 0 Å². The number of fused-ring (bicyclic) bond motifs is 2. The number of nitrogens with one attached hydrogen (secondary N) is 3. The lowest BCUT2D eigenvalue weighted by molar-refractivity contribution is 0.256. The van der Waals surface area contributed by atoms with Gasteiger partial charge in [-0.25, -0.2) is 17.9 Å². The fraction of sp³-hybridized carbons (Fsp3) is 0.588. The minimum absolute atomic E-state index is 0.0632. The van der Waals surface area contributed by atoms with E-state index in [1.54, 1.807) is 7.05 Å². The number of rotatable bonds is 6. The Balaban J connectivity index is 1.74. The van der Waals surface area contributed by atoms with Crippen molar-refractivity contribution in [3.8, 4) is 0 Å². The van der Waals surface area contributed by atoms with Gasteiger partial charge in [-0.2, -0.15) is 0 Å². The van der Waals surface area contributed by atoms with Crippen LogP contribution in [0.3, 0.4) is 0 Å². The molecule has 2 amide bonds. The third-order valence-electron chi connectivity index (χ3n) is 4.80. The van der Waals surface area contributed by atoms with Crippen LogP contribution in [0.4, 0.5) is 10.5 Å². The molecule has 3 rings (SSSR count). The molecule has 24 heavy (non-hydrogen) atoms. The van der Waals surface area contributed by atoms with Gasteiger partial charge in [-0.15, -0.1) is 0 Å². The average Bonchev–Trinajstić information content (AvgIpc) is 3.15. The van der Waals surface area contributed by atoms with Gasteiger partial charge in [0, 0.05) is 5.69 Å². The van der Waals surface area contributed by atoms with Gasteiger partial charge in [0.05, 0.1) is 5.75 Å². The molecule has 0 bridgehead atoms. The van der Waals surface area contributed by atoms with Crippen molar-refractivity contribution in [2.24, 2.45) is 0 Å². The van der Waals surface area contributed by atoms with E-state index < -0.39 is 16.1 Å². The van der Waals surface area contributed by atoms with E-state index in [0.29, 0.717) is 13.0 Å². The number of hydrogen-bond donors (Lipinski definition) is 3. The number of amides is 2. The molecule has 0 aliphatic heterocycles. The predicted octanol–water partition coefficient (Wildman–Crippen LogP) is 1.72. The van der Waals surface area contributed by atoms with Gasteiger partial charge in [0.1, 0.15) is 0 Å². The summed E-state index contributed by atoms with van der Waals surface area (Å²) in [6, 6.07) is 1.64.